The Balaban J connectivity index is 1.81. The van der Waals surface area contributed by atoms with E-state index in [2.05, 4.69) is 10.3 Å². The maximum Gasteiger partial charge on any atom is 0.287 e. The van der Waals surface area contributed by atoms with Gasteiger partial charge in [0.25, 0.3) is 5.91 Å². The summed E-state index contributed by atoms with van der Waals surface area (Å²) >= 11 is 0. The average molecular weight is 233 g/mol. The van der Waals surface area contributed by atoms with Gasteiger partial charge in [-0.2, -0.15) is 0 Å². The Kier molecular flexibility index (Phi) is 3.59. The van der Waals surface area contributed by atoms with E-state index in [4.69, 9.17) is 4.42 Å². The monoisotopic (exact) mass is 233 g/mol. The molecule has 0 aromatic carbocycles. The Morgan fingerprint density at radius 3 is 3.06 bits per heavy atom. The van der Waals surface area contributed by atoms with Gasteiger partial charge in [0.1, 0.15) is 5.76 Å². The van der Waals surface area contributed by atoms with Crippen LogP contribution in [0.1, 0.15) is 23.2 Å². The van der Waals surface area contributed by atoms with E-state index in [1.54, 1.807) is 18.6 Å². The third kappa shape index (κ3) is 2.96. The number of aryl methyl sites for hydroxylation is 1. The molecular formula is C12H15N3O2. The fourth-order valence-electron chi connectivity index (χ4n) is 1.49. The number of nitrogens with one attached hydrogen (secondary N) is 1. The standard InChI is InChI=1S/C12H15N3O2/c1-2-10-3-4-11(17-10)12(16)14-6-8-15-7-5-13-9-15/h3-5,7,9H,2,6,8H2,1H3,(H,14,16). The normalized spacial score (nSPS) is 10.4. The molecule has 0 radical (unpaired) electrons. The van der Waals surface area contributed by atoms with Crippen molar-refractivity contribution in [1.82, 2.24) is 14.9 Å². The second-order valence-corrected chi connectivity index (χ2v) is 3.68. The summed E-state index contributed by atoms with van der Waals surface area (Å²) < 4.78 is 7.25. The van der Waals surface area contributed by atoms with Crippen molar-refractivity contribution in [2.45, 2.75) is 19.9 Å². The summed E-state index contributed by atoms with van der Waals surface area (Å²) in [7, 11) is 0. The minimum atomic E-state index is -0.176. The first kappa shape index (κ1) is 11.4. The van der Waals surface area contributed by atoms with Gasteiger partial charge in [0.05, 0.1) is 6.33 Å². The number of hydrogen-bond donors (Lipinski definition) is 1. The van der Waals surface area contributed by atoms with Crippen molar-refractivity contribution >= 4 is 5.91 Å². The lowest BCUT2D eigenvalue weighted by Gasteiger charge is -2.03. The molecule has 2 aromatic heterocycles. The number of carbonyl (C=O) groups excluding carboxylic acids is 1. The van der Waals surface area contributed by atoms with Gasteiger partial charge in [0, 0.05) is 31.9 Å². The minimum Gasteiger partial charge on any atom is -0.456 e. The first-order valence-corrected chi connectivity index (χ1v) is 5.62. The molecule has 17 heavy (non-hydrogen) atoms. The van der Waals surface area contributed by atoms with Crippen molar-refractivity contribution in [1.29, 1.82) is 0 Å². The van der Waals surface area contributed by atoms with Gasteiger partial charge in [0.15, 0.2) is 5.76 Å². The summed E-state index contributed by atoms with van der Waals surface area (Å²) in [5.41, 5.74) is 0. The van der Waals surface area contributed by atoms with Gasteiger partial charge in [-0.3, -0.25) is 4.79 Å². The van der Waals surface area contributed by atoms with E-state index in [1.807, 2.05) is 23.8 Å². The quantitative estimate of drug-likeness (QED) is 0.850. The highest BCUT2D eigenvalue weighted by Gasteiger charge is 2.09. The molecule has 1 amide bonds. The number of aromatic nitrogens is 2. The Bertz CT molecular complexity index is 474. The molecule has 0 aliphatic carbocycles. The van der Waals surface area contributed by atoms with E-state index >= 15 is 0 Å². The van der Waals surface area contributed by atoms with Crippen LogP contribution >= 0.6 is 0 Å². The first-order chi connectivity index (χ1) is 8.29. The molecule has 0 aliphatic heterocycles. The first-order valence-electron chi connectivity index (χ1n) is 5.62. The molecule has 0 saturated heterocycles. The largest absolute Gasteiger partial charge is 0.456 e. The number of hydrogen-bond acceptors (Lipinski definition) is 3. The molecule has 0 bridgehead atoms. The number of furan rings is 1. The molecular weight excluding hydrogens is 218 g/mol. The molecule has 0 saturated carbocycles. The second-order valence-electron chi connectivity index (χ2n) is 3.68. The smallest absolute Gasteiger partial charge is 0.287 e. The molecule has 0 atom stereocenters. The van der Waals surface area contributed by atoms with Crippen molar-refractivity contribution < 1.29 is 9.21 Å². The van der Waals surface area contributed by atoms with Crippen LogP contribution in [0.5, 0.6) is 0 Å². The van der Waals surface area contributed by atoms with E-state index in [1.165, 1.54) is 0 Å². The number of nitrogens with zero attached hydrogens (tertiary/aromatic N) is 2. The third-order valence-corrected chi connectivity index (χ3v) is 2.45. The van der Waals surface area contributed by atoms with Crippen molar-refractivity contribution in [3.63, 3.8) is 0 Å². The number of carbonyl (C=O) groups is 1. The minimum absolute atomic E-state index is 0.176. The summed E-state index contributed by atoms with van der Waals surface area (Å²) in [6.45, 7) is 3.24. The van der Waals surface area contributed by atoms with Crippen LogP contribution in [-0.4, -0.2) is 22.0 Å². The highest BCUT2D eigenvalue weighted by atomic mass is 16.3. The molecule has 2 aromatic rings. The highest BCUT2D eigenvalue weighted by Crippen LogP contribution is 2.07. The molecule has 0 spiro atoms. The van der Waals surface area contributed by atoms with E-state index < -0.39 is 0 Å². The molecule has 5 heteroatoms. The fourth-order valence-corrected chi connectivity index (χ4v) is 1.49. The van der Waals surface area contributed by atoms with Gasteiger partial charge < -0.3 is 14.3 Å². The van der Waals surface area contributed by atoms with Gasteiger partial charge in [-0.1, -0.05) is 6.92 Å². The molecule has 0 aliphatic rings. The van der Waals surface area contributed by atoms with Crippen molar-refractivity contribution in [2.75, 3.05) is 6.54 Å². The summed E-state index contributed by atoms with van der Waals surface area (Å²) in [4.78, 5) is 15.6. The van der Waals surface area contributed by atoms with Crippen LogP contribution in [0.25, 0.3) is 0 Å². The Hall–Kier alpha value is -2.04. The molecule has 5 nitrogen and oxygen atoms in total. The van der Waals surface area contributed by atoms with Gasteiger partial charge in [-0.25, -0.2) is 4.98 Å². The summed E-state index contributed by atoms with van der Waals surface area (Å²) in [6, 6.07) is 3.52. The summed E-state index contributed by atoms with van der Waals surface area (Å²) in [5.74, 6) is 1.02. The molecule has 2 rings (SSSR count). The maximum atomic E-state index is 11.7. The SMILES string of the molecule is CCc1ccc(C(=O)NCCn2ccnc2)o1. The Morgan fingerprint density at radius 2 is 2.41 bits per heavy atom. The molecule has 1 N–H and O–H groups in total. The zero-order valence-corrected chi connectivity index (χ0v) is 9.72. The lowest BCUT2D eigenvalue weighted by atomic mass is 10.3. The lowest BCUT2D eigenvalue weighted by Crippen LogP contribution is -2.26. The lowest BCUT2D eigenvalue weighted by molar-refractivity contribution is 0.0923. The molecule has 0 unspecified atom stereocenters. The van der Waals surface area contributed by atoms with Crippen LogP contribution in [0.15, 0.2) is 35.3 Å². The summed E-state index contributed by atoms with van der Waals surface area (Å²) in [5, 5.41) is 2.79. The van der Waals surface area contributed by atoms with E-state index in [9.17, 15) is 4.79 Å². The number of imidazole rings is 1. The number of amides is 1. The number of rotatable bonds is 5. The van der Waals surface area contributed by atoms with E-state index in [0.29, 0.717) is 18.8 Å². The molecule has 90 valence electrons. The Morgan fingerprint density at radius 1 is 1.53 bits per heavy atom. The third-order valence-electron chi connectivity index (χ3n) is 2.45. The average Bonchev–Trinajstić information content (AvgIpc) is 2.99. The summed E-state index contributed by atoms with van der Waals surface area (Å²) in [6.07, 6.45) is 6.08. The van der Waals surface area contributed by atoms with Crippen molar-refractivity contribution in [3.05, 3.63) is 42.4 Å². The zero-order valence-electron chi connectivity index (χ0n) is 9.72. The van der Waals surface area contributed by atoms with Crippen LogP contribution in [0.4, 0.5) is 0 Å². The van der Waals surface area contributed by atoms with Crippen molar-refractivity contribution in [2.24, 2.45) is 0 Å². The maximum absolute atomic E-state index is 11.7. The molecule has 0 fully saturated rings. The van der Waals surface area contributed by atoms with E-state index in [0.717, 1.165) is 12.2 Å². The van der Waals surface area contributed by atoms with E-state index in [-0.39, 0.29) is 5.91 Å². The zero-order chi connectivity index (χ0) is 12.1. The molecule has 2 heterocycles. The van der Waals surface area contributed by atoms with Crippen LogP contribution < -0.4 is 5.32 Å². The van der Waals surface area contributed by atoms with Gasteiger partial charge in [-0.15, -0.1) is 0 Å². The predicted molar refractivity (Wildman–Crippen MR) is 62.6 cm³/mol. The second kappa shape index (κ2) is 5.34. The van der Waals surface area contributed by atoms with Gasteiger partial charge in [-0.05, 0) is 12.1 Å². The van der Waals surface area contributed by atoms with Gasteiger partial charge >= 0.3 is 0 Å². The van der Waals surface area contributed by atoms with Crippen LogP contribution in [-0.2, 0) is 13.0 Å². The van der Waals surface area contributed by atoms with Crippen LogP contribution in [0.3, 0.4) is 0 Å². The van der Waals surface area contributed by atoms with Crippen LogP contribution in [0.2, 0.25) is 0 Å². The van der Waals surface area contributed by atoms with Gasteiger partial charge in [0.2, 0.25) is 0 Å². The van der Waals surface area contributed by atoms with Crippen molar-refractivity contribution in [3.8, 4) is 0 Å². The Labute approximate surface area is 99.5 Å². The highest BCUT2D eigenvalue weighted by molar-refractivity contribution is 5.91. The predicted octanol–water partition coefficient (Wildman–Crippen LogP) is 1.47. The van der Waals surface area contributed by atoms with Crippen LogP contribution in [0, 0.1) is 0 Å². The topological polar surface area (TPSA) is 60.1 Å². The fraction of sp³-hybridized carbons (Fsp3) is 0.333.